The van der Waals surface area contributed by atoms with Crippen molar-refractivity contribution in [3.63, 3.8) is 0 Å². The molecule has 2 rings (SSSR count). The van der Waals surface area contributed by atoms with Crippen molar-refractivity contribution in [2.24, 2.45) is 0 Å². The maximum atomic E-state index is 11.2. The van der Waals surface area contributed by atoms with Crippen LogP contribution in [0.2, 0.25) is 0 Å². The number of hydrogen-bond donors (Lipinski definition) is 0. The van der Waals surface area contributed by atoms with E-state index < -0.39 is 5.24 Å². The lowest BCUT2D eigenvalue weighted by molar-refractivity contribution is 0.108. The molecule has 0 fully saturated rings. The Kier molecular flexibility index (Phi) is 2.22. The smallest absolute Gasteiger partial charge is 0.253 e. The van der Waals surface area contributed by atoms with Gasteiger partial charge in [0.25, 0.3) is 5.24 Å². The minimum Gasteiger partial charge on any atom is -0.276 e. The molecule has 2 nitrogen and oxygen atoms in total. The fraction of sp³-hybridized carbons (Fsp3) is 0.0909. The van der Waals surface area contributed by atoms with Crippen LogP contribution in [0.3, 0.4) is 0 Å². The van der Waals surface area contributed by atoms with Crippen LogP contribution in [0.4, 0.5) is 0 Å². The average Bonchev–Trinajstić information content (AvgIpc) is 2.17. The standard InChI is InChI=1S/C11H8ClNO/c1-7-2-3-8-6-13-5-4-9(8)10(7)11(12)14/h2-6H,1H3. The maximum absolute atomic E-state index is 11.2. The first-order valence-corrected chi connectivity index (χ1v) is 4.61. The highest BCUT2D eigenvalue weighted by molar-refractivity contribution is 6.68. The molecule has 1 aromatic carbocycles. The minimum absolute atomic E-state index is 0.417. The number of aromatic nitrogens is 1. The van der Waals surface area contributed by atoms with Crippen molar-refractivity contribution in [1.29, 1.82) is 0 Å². The Bertz CT molecular complexity index is 508. The van der Waals surface area contributed by atoms with Crippen molar-refractivity contribution in [2.75, 3.05) is 0 Å². The summed E-state index contributed by atoms with van der Waals surface area (Å²) in [5.41, 5.74) is 1.47. The third-order valence-electron chi connectivity index (χ3n) is 2.23. The summed E-state index contributed by atoms with van der Waals surface area (Å²) in [5.74, 6) is 0. The molecule has 3 heteroatoms. The second kappa shape index (κ2) is 3.39. The number of pyridine rings is 1. The Morgan fingerprint density at radius 3 is 2.86 bits per heavy atom. The molecule has 2 aromatic rings. The van der Waals surface area contributed by atoms with E-state index in [1.807, 2.05) is 19.1 Å². The molecule has 0 spiro atoms. The molecule has 0 aliphatic heterocycles. The number of nitrogens with zero attached hydrogens (tertiary/aromatic N) is 1. The number of hydrogen-bond acceptors (Lipinski definition) is 2. The summed E-state index contributed by atoms with van der Waals surface area (Å²) < 4.78 is 0. The lowest BCUT2D eigenvalue weighted by Gasteiger charge is -2.04. The van der Waals surface area contributed by atoms with Gasteiger partial charge in [0.1, 0.15) is 0 Å². The Labute approximate surface area is 86.5 Å². The SMILES string of the molecule is Cc1ccc2cnccc2c1C(=O)Cl. The highest BCUT2D eigenvalue weighted by Gasteiger charge is 2.10. The predicted molar refractivity (Wildman–Crippen MR) is 56.7 cm³/mol. The molecule has 0 aliphatic rings. The zero-order chi connectivity index (χ0) is 10.1. The molecule has 0 unspecified atom stereocenters. The number of benzene rings is 1. The molecule has 0 N–H and O–H groups in total. The number of halogens is 1. The van der Waals surface area contributed by atoms with E-state index in [1.54, 1.807) is 18.5 Å². The van der Waals surface area contributed by atoms with E-state index in [4.69, 9.17) is 11.6 Å². The van der Waals surface area contributed by atoms with Crippen molar-refractivity contribution < 1.29 is 4.79 Å². The van der Waals surface area contributed by atoms with Gasteiger partial charge in [-0.1, -0.05) is 12.1 Å². The lowest BCUT2D eigenvalue weighted by atomic mass is 10.0. The van der Waals surface area contributed by atoms with E-state index in [-0.39, 0.29) is 0 Å². The van der Waals surface area contributed by atoms with E-state index in [2.05, 4.69) is 4.98 Å². The van der Waals surface area contributed by atoms with Gasteiger partial charge in [0, 0.05) is 23.3 Å². The van der Waals surface area contributed by atoms with Gasteiger partial charge in [-0.2, -0.15) is 0 Å². The van der Waals surface area contributed by atoms with Crippen molar-refractivity contribution >= 4 is 27.6 Å². The van der Waals surface area contributed by atoms with Crippen LogP contribution in [0.15, 0.2) is 30.6 Å². The molecule has 0 aliphatic carbocycles. The van der Waals surface area contributed by atoms with Gasteiger partial charge in [-0.25, -0.2) is 0 Å². The van der Waals surface area contributed by atoms with Gasteiger partial charge in [0.15, 0.2) is 0 Å². The predicted octanol–water partition coefficient (Wildman–Crippen LogP) is 2.92. The molecule has 0 saturated carbocycles. The third-order valence-corrected chi connectivity index (χ3v) is 2.41. The van der Waals surface area contributed by atoms with E-state index in [1.165, 1.54) is 0 Å². The van der Waals surface area contributed by atoms with Crippen LogP contribution in [0.25, 0.3) is 10.8 Å². The number of carbonyl (C=O) groups excluding carboxylic acids is 1. The van der Waals surface area contributed by atoms with Crippen LogP contribution >= 0.6 is 11.6 Å². The fourth-order valence-electron chi connectivity index (χ4n) is 1.54. The molecular weight excluding hydrogens is 198 g/mol. The summed E-state index contributed by atoms with van der Waals surface area (Å²) in [6.45, 7) is 1.87. The van der Waals surface area contributed by atoms with Gasteiger partial charge in [0.05, 0.1) is 0 Å². The van der Waals surface area contributed by atoms with Gasteiger partial charge in [-0.3, -0.25) is 9.78 Å². The Morgan fingerprint density at radius 2 is 2.14 bits per heavy atom. The van der Waals surface area contributed by atoms with Crippen molar-refractivity contribution in [3.8, 4) is 0 Å². The van der Waals surface area contributed by atoms with Crippen molar-refractivity contribution in [1.82, 2.24) is 4.98 Å². The first-order chi connectivity index (χ1) is 6.70. The van der Waals surface area contributed by atoms with E-state index in [0.29, 0.717) is 5.56 Å². The van der Waals surface area contributed by atoms with E-state index in [0.717, 1.165) is 16.3 Å². The second-order valence-corrected chi connectivity index (χ2v) is 3.47. The van der Waals surface area contributed by atoms with Gasteiger partial charge >= 0.3 is 0 Å². The molecular formula is C11H8ClNO. The number of aryl methyl sites for hydroxylation is 1. The van der Waals surface area contributed by atoms with Crippen LogP contribution < -0.4 is 0 Å². The van der Waals surface area contributed by atoms with Crippen LogP contribution in [0.1, 0.15) is 15.9 Å². The zero-order valence-electron chi connectivity index (χ0n) is 7.62. The molecule has 0 radical (unpaired) electrons. The molecule has 14 heavy (non-hydrogen) atoms. The lowest BCUT2D eigenvalue weighted by Crippen LogP contribution is -1.95. The summed E-state index contributed by atoms with van der Waals surface area (Å²) in [6, 6.07) is 5.61. The van der Waals surface area contributed by atoms with Gasteiger partial charge < -0.3 is 0 Å². The minimum atomic E-state index is -0.417. The van der Waals surface area contributed by atoms with Gasteiger partial charge in [-0.15, -0.1) is 0 Å². The largest absolute Gasteiger partial charge is 0.276 e. The number of carbonyl (C=O) groups is 1. The second-order valence-electron chi connectivity index (χ2n) is 3.13. The highest BCUT2D eigenvalue weighted by atomic mass is 35.5. The third kappa shape index (κ3) is 1.38. The Morgan fingerprint density at radius 1 is 1.36 bits per heavy atom. The molecule has 0 atom stereocenters. The topological polar surface area (TPSA) is 30.0 Å². The number of rotatable bonds is 1. The molecule has 1 aromatic heterocycles. The van der Waals surface area contributed by atoms with Gasteiger partial charge in [0.2, 0.25) is 0 Å². The normalized spacial score (nSPS) is 10.4. The first kappa shape index (κ1) is 9.16. The van der Waals surface area contributed by atoms with Crippen LogP contribution in [-0.4, -0.2) is 10.2 Å². The zero-order valence-corrected chi connectivity index (χ0v) is 8.38. The highest BCUT2D eigenvalue weighted by Crippen LogP contribution is 2.22. The molecule has 0 saturated heterocycles. The average molecular weight is 206 g/mol. The number of fused-ring (bicyclic) bond motifs is 1. The molecule has 0 bridgehead atoms. The van der Waals surface area contributed by atoms with Crippen LogP contribution in [0, 0.1) is 6.92 Å². The Balaban J connectivity index is 2.90. The van der Waals surface area contributed by atoms with Crippen molar-refractivity contribution in [3.05, 3.63) is 41.7 Å². The fourth-order valence-corrected chi connectivity index (χ4v) is 1.79. The molecule has 1 heterocycles. The summed E-state index contributed by atoms with van der Waals surface area (Å²) in [6.07, 6.45) is 3.38. The van der Waals surface area contributed by atoms with E-state index in [9.17, 15) is 4.79 Å². The summed E-state index contributed by atoms with van der Waals surface area (Å²) in [4.78, 5) is 15.2. The maximum Gasteiger partial charge on any atom is 0.253 e. The van der Waals surface area contributed by atoms with E-state index >= 15 is 0 Å². The van der Waals surface area contributed by atoms with Gasteiger partial charge in [-0.05, 0) is 35.5 Å². The summed E-state index contributed by atoms with van der Waals surface area (Å²) >= 11 is 5.53. The first-order valence-electron chi connectivity index (χ1n) is 4.23. The Hall–Kier alpha value is -1.41. The monoisotopic (exact) mass is 205 g/mol. The molecule has 70 valence electrons. The van der Waals surface area contributed by atoms with Crippen LogP contribution in [0.5, 0.6) is 0 Å². The molecule has 0 amide bonds. The quantitative estimate of drug-likeness (QED) is 0.670. The summed E-state index contributed by atoms with van der Waals surface area (Å²) in [7, 11) is 0. The van der Waals surface area contributed by atoms with Crippen molar-refractivity contribution in [2.45, 2.75) is 6.92 Å². The van der Waals surface area contributed by atoms with Crippen LogP contribution in [-0.2, 0) is 0 Å². The summed E-state index contributed by atoms with van der Waals surface area (Å²) in [5, 5.41) is 1.38.